The molecule has 2 aliphatic rings. The molecule has 10 nitrogen and oxygen atoms in total. The van der Waals surface area contributed by atoms with Crippen LogP contribution in [-0.4, -0.2) is 76.6 Å². The second kappa shape index (κ2) is 13.2. The minimum Gasteiger partial charge on any atom is -0.495 e. The van der Waals surface area contributed by atoms with E-state index in [0.717, 1.165) is 18.4 Å². The van der Waals surface area contributed by atoms with Gasteiger partial charge in [-0.25, -0.2) is 4.99 Å². The summed E-state index contributed by atoms with van der Waals surface area (Å²) in [5.41, 5.74) is 1.91. The Kier molecular flexibility index (Phi) is 9.69. The van der Waals surface area contributed by atoms with E-state index in [1.807, 2.05) is 30.3 Å². The number of ether oxygens (including phenoxy) is 2. The summed E-state index contributed by atoms with van der Waals surface area (Å²) in [6.45, 7) is 7.30. The quantitative estimate of drug-likeness (QED) is 0.252. The number of para-hydroxylation sites is 1. The Balaban J connectivity index is 1.41. The average molecular weight is 573 g/mol. The zero-order valence-electron chi connectivity index (χ0n) is 22.2. The molecule has 0 aromatic heterocycles. The molecule has 2 aromatic carbocycles. The molecule has 1 amide bonds. The van der Waals surface area contributed by atoms with Crippen molar-refractivity contribution < 1.29 is 18.8 Å². The first-order valence-corrected chi connectivity index (χ1v) is 15.5. The maximum atomic E-state index is 12.8. The van der Waals surface area contributed by atoms with Crippen molar-refractivity contribution in [1.29, 1.82) is 0 Å². The molecule has 0 aliphatic carbocycles. The summed E-state index contributed by atoms with van der Waals surface area (Å²) in [7, 11) is -0.956. The maximum absolute atomic E-state index is 12.8. The summed E-state index contributed by atoms with van der Waals surface area (Å²) in [5.74, 6) is 0.863. The first-order valence-electron chi connectivity index (χ1n) is 12.6. The van der Waals surface area contributed by atoms with Crippen LogP contribution < -0.4 is 31.3 Å². The van der Waals surface area contributed by atoms with Crippen LogP contribution in [0.3, 0.4) is 0 Å². The molecule has 39 heavy (non-hydrogen) atoms. The van der Waals surface area contributed by atoms with Gasteiger partial charge in [0.1, 0.15) is 18.7 Å². The molecular weight excluding hydrogens is 539 g/mol. The fourth-order valence-electron chi connectivity index (χ4n) is 4.12. The number of carbonyl (C=O) groups is 1. The summed E-state index contributed by atoms with van der Waals surface area (Å²) in [6.07, 6.45) is 4.33. The van der Waals surface area contributed by atoms with Gasteiger partial charge in [-0.1, -0.05) is 29.8 Å². The van der Waals surface area contributed by atoms with E-state index in [1.54, 1.807) is 38.6 Å². The molecule has 208 valence electrons. The van der Waals surface area contributed by atoms with Crippen LogP contribution in [0.5, 0.6) is 5.75 Å². The van der Waals surface area contributed by atoms with E-state index in [9.17, 15) is 9.36 Å². The Bertz CT molecular complexity index is 1320. The number of halogens is 1. The number of rotatable bonds is 10. The minimum absolute atomic E-state index is 0.225. The van der Waals surface area contributed by atoms with E-state index in [0.29, 0.717) is 53.4 Å². The normalized spacial score (nSPS) is 18.1. The number of amides is 1. The Labute approximate surface area is 233 Å². The molecule has 2 aliphatic heterocycles. The third-order valence-corrected chi connectivity index (χ3v) is 7.93. The minimum atomic E-state index is -2.52. The molecular formula is C27H34ClN6O4P. The van der Waals surface area contributed by atoms with E-state index in [1.165, 1.54) is 12.3 Å². The Hall–Kier alpha value is -3.30. The van der Waals surface area contributed by atoms with Crippen molar-refractivity contribution in [2.75, 3.05) is 69.2 Å². The van der Waals surface area contributed by atoms with Crippen LogP contribution in [0.1, 0.15) is 0 Å². The number of allylic oxidation sites excluding steroid dienone is 1. The van der Waals surface area contributed by atoms with Crippen LogP contribution in [0.2, 0.25) is 0 Å². The van der Waals surface area contributed by atoms with Crippen LogP contribution in [-0.2, 0) is 14.1 Å². The monoisotopic (exact) mass is 572 g/mol. The van der Waals surface area contributed by atoms with Crippen LogP contribution in [0.15, 0.2) is 70.5 Å². The van der Waals surface area contributed by atoms with Crippen molar-refractivity contribution in [3.8, 4) is 5.75 Å². The zero-order valence-corrected chi connectivity index (χ0v) is 23.9. The number of carbonyl (C=O) groups excluding carboxylic acids is 1. The largest absolute Gasteiger partial charge is 0.495 e. The Morgan fingerprint density at radius 3 is 2.74 bits per heavy atom. The lowest BCUT2D eigenvalue weighted by atomic mass is 10.2. The van der Waals surface area contributed by atoms with Gasteiger partial charge in [0.25, 0.3) is 0 Å². The maximum Gasteiger partial charge on any atom is 0.248 e. The number of anilines is 3. The van der Waals surface area contributed by atoms with Crippen LogP contribution in [0.25, 0.3) is 0 Å². The lowest BCUT2D eigenvalue weighted by Gasteiger charge is -2.26. The van der Waals surface area contributed by atoms with Gasteiger partial charge < -0.3 is 35.3 Å². The summed E-state index contributed by atoms with van der Waals surface area (Å²) in [5, 5.41) is 13.7. The summed E-state index contributed by atoms with van der Waals surface area (Å²) in [6, 6.07) is 12.7. The smallest absolute Gasteiger partial charge is 0.248 e. The third-order valence-electron chi connectivity index (χ3n) is 6.10. The number of benzene rings is 2. The number of nitrogens with one attached hydrogen (secondary N) is 4. The van der Waals surface area contributed by atoms with Crippen LogP contribution in [0, 0.1) is 0 Å². The summed E-state index contributed by atoms with van der Waals surface area (Å²) >= 11 is 6.42. The predicted molar refractivity (Wildman–Crippen MR) is 159 cm³/mol. The molecule has 0 radical (unpaired) electrons. The van der Waals surface area contributed by atoms with E-state index in [2.05, 4.69) is 31.2 Å². The van der Waals surface area contributed by atoms with E-state index < -0.39 is 13.4 Å². The zero-order chi connectivity index (χ0) is 27.8. The molecule has 4 N–H and O–H groups in total. The first-order chi connectivity index (χ1) is 18.7. The molecule has 1 saturated heterocycles. The van der Waals surface area contributed by atoms with Gasteiger partial charge in [0.05, 0.1) is 36.7 Å². The Morgan fingerprint density at radius 2 is 2.00 bits per heavy atom. The summed E-state index contributed by atoms with van der Waals surface area (Å²) < 4.78 is 23.6. The van der Waals surface area contributed by atoms with Crippen molar-refractivity contribution >= 4 is 53.2 Å². The highest BCUT2D eigenvalue weighted by Gasteiger charge is 2.21. The lowest BCUT2D eigenvalue weighted by Crippen LogP contribution is -2.39. The third kappa shape index (κ3) is 8.10. The number of nitrogens with zero attached hydrogens (tertiary/aromatic N) is 2. The number of methoxy groups -OCH3 is 1. The van der Waals surface area contributed by atoms with Gasteiger partial charge in [-0.05, 0) is 43.7 Å². The van der Waals surface area contributed by atoms with E-state index in [-0.39, 0.29) is 5.91 Å². The first kappa shape index (κ1) is 28.7. The van der Waals surface area contributed by atoms with Gasteiger partial charge >= 0.3 is 0 Å². The molecule has 1 atom stereocenters. The molecule has 0 saturated carbocycles. The highest BCUT2D eigenvalue weighted by Crippen LogP contribution is 2.38. The summed E-state index contributed by atoms with van der Waals surface area (Å²) in [4.78, 5) is 19.1. The number of morpholine rings is 1. The molecule has 1 unspecified atom stereocenters. The van der Waals surface area contributed by atoms with Crippen molar-refractivity contribution in [1.82, 2.24) is 10.2 Å². The molecule has 0 bridgehead atoms. The van der Waals surface area contributed by atoms with E-state index in [4.69, 9.17) is 21.1 Å². The topological polar surface area (TPSA) is 116 Å². The molecule has 2 heterocycles. The van der Waals surface area contributed by atoms with Crippen LogP contribution in [0.4, 0.5) is 17.1 Å². The molecule has 2 aromatic rings. The van der Waals surface area contributed by atoms with Gasteiger partial charge in [0.2, 0.25) is 5.91 Å². The average Bonchev–Trinajstić information content (AvgIpc) is 2.91. The van der Waals surface area contributed by atoms with Gasteiger partial charge in [0.15, 0.2) is 6.29 Å². The lowest BCUT2D eigenvalue weighted by molar-refractivity contribution is -0.111. The SMILES string of the molecule is COc1ccc(NC(=O)/C=C/CN2CCOCC2)cc1NC1N=CC(Cl)=C(Nc2ccccc2P(C)(C)=O)N1. The van der Waals surface area contributed by atoms with Crippen molar-refractivity contribution in [2.45, 2.75) is 6.29 Å². The second-order valence-corrected chi connectivity index (χ2v) is 13.0. The van der Waals surface area contributed by atoms with E-state index >= 15 is 0 Å². The van der Waals surface area contributed by atoms with Crippen molar-refractivity contribution in [3.63, 3.8) is 0 Å². The van der Waals surface area contributed by atoms with Gasteiger partial charge in [-0.2, -0.15) is 0 Å². The van der Waals surface area contributed by atoms with Gasteiger partial charge in [0, 0.05) is 42.9 Å². The Morgan fingerprint density at radius 1 is 1.23 bits per heavy atom. The molecule has 4 rings (SSSR count). The molecule has 1 fully saturated rings. The number of aliphatic imine (C=N–C) groups is 1. The van der Waals surface area contributed by atoms with Crippen molar-refractivity contribution in [3.05, 3.63) is 65.5 Å². The molecule has 0 spiro atoms. The van der Waals surface area contributed by atoms with Crippen LogP contribution >= 0.6 is 18.7 Å². The standard InChI is InChI=1S/C27H34ClN6O4P/c1-37-23-11-10-19(30-25(35)9-6-12-34-13-15-38-16-14-34)17-22(23)32-27-29-18-20(28)26(33-27)31-21-7-4-5-8-24(21)39(2,3)36/h4-11,17-18,27,31-33H,12-16H2,1-3H3,(H,30,35)/b9-6+. The highest BCUT2D eigenvalue weighted by molar-refractivity contribution is 7.70. The van der Waals surface area contributed by atoms with Gasteiger partial charge in [-0.15, -0.1) is 0 Å². The number of hydrogen-bond acceptors (Lipinski definition) is 9. The predicted octanol–water partition coefficient (Wildman–Crippen LogP) is 3.66. The van der Waals surface area contributed by atoms with Gasteiger partial charge in [-0.3, -0.25) is 9.69 Å². The second-order valence-electron chi connectivity index (χ2n) is 9.40. The number of hydrogen-bond donors (Lipinski definition) is 4. The fraction of sp³-hybridized carbons (Fsp3) is 0.333. The fourth-order valence-corrected chi connectivity index (χ4v) is 5.44. The van der Waals surface area contributed by atoms with Crippen molar-refractivity contribution in [2.24, 2.45) is 4.99 Å². The highest BCUT2D eigenvalue weighted by atomic mass is 35.5. The molecule has 12 heteroatoms.